The summed E-state index contributed by atoms with van der Waals surface area (Å²) in [5.41, 5.74) is 0.201. The molecular formula is C16H15FN2O4S. The van der Waals surface area contributed by atoms with E-state index in [1.807, 2.05) is 0 Å². The number of halogens is 1. The number of rotatable bonds is 6. The number of aromatic amines is 1. The van der Waals surface area contributed by atoms with Crippen LogP contribution in [-0.4, -0.2) is 34.1 Å². The molecule has 0 aliphatic heterocycles. The normalized spacial score (nSPS) is 11.8. The summed E-state index contributed by atoms with van der Waals surface area (Å²) in [5.74, 6) is -1.16. The lowest BCUT2D eigenvalue weighted by Gasteiger charge is -2.10. The molecule has 2 rings (SSSR count). The number of ketones is 1. The van der Waals surface area contributed by atoms with Gasteiger partial charge in [-0.2, -0.15) is 0 Å². The minimum atomic E-state index is -0.549. The van der Waals surface area contributed by atoms with Gasteiger partial charge in [0.05, 0.1) is 24.5 Å². The third kappa shape index (κ3) is 4.76. The number of carbonyl (C=O) groups excluding carboxylic acids is 2. The van der Waals surface area contributed by atoms with Crippen molar-refractivity contribution in [3.05, 3.63) is 57.8 Å². The second-order valence-electron chi connectivity index (χ2n) is 4.93. The fraction of sp³-hybridized carbons (Fsp3) is 0.250. The van der Waals surface area contributed by atoms with Crippen LogP contribution in [0.1, 0.15) is 23.0 Å². The van der Waals surface area contributed by atoms with Crippen LogP contribution in [0.3, 0.4) is 0 Å². The summed E-state index contributed by atoms with van der Waals surface area (Å²) < 4.78 is 17.5. The first-order valence-electron chi connectivity index (χ1n) is 7.02. The van der Waals surface area contributed by atoms with Crippen molar-refractivity contribution >= 4 is 23.5 Å². The Balaban J connectivity index is 2.14. The van der Waals surface area contributed by atoms with Gasteiger partial charge in [0.15, 0.2) is 10.9 Å². The fourth-order valence-corrected chi connectivity index (χ4v) is 2.83. The molecule has 0 spiro atoms. The molecule has 2 aromatic rings. The highest BCUT2D eigenvalue weighted by atomic mass is 32.2. The molecule has 126 valence electrons. The predicted molar refractivity (Wildman–Crippen MR) is 86.6 cm³/mol. The number of esters is 1. The van der Waals surface area contributed by atoms with Crippen LogP contribution >= 0.6 is 11.8 Å². The molecule has 0 unspecified atom stereocenters. The van der Waals surface area contributed by atoms with E-state index >= 15 is 0 Å². The third-order valence-electron chi connectivity index (χ3n) is 3.11. The first kappa shape index (κ1) is 17.9. The summed E-state index contributed by atoms with van der Waals surface area (Å²) in [7, 11) is 1.24. The summed E-state index contributed by atoms with van der Waals surface area (Å²) in [6, 6.07) is 6.42. The SMILES string of the molecule is COC(=O)Cc1cc(=O)[nH]c(S[C@@H](C)C(=O)c2ccc(F)cc2)n1. The van der Waals surface area contributed by atoms with Crippen LogP contribution in [0.2, 0.25) is 0 Å². The van der Waals surface area contributed by atoms with E-state index < -0.39 is 22.6 Å². The Morgan fingerprint density at radius 2 is 2.00 bits per heavy atom. The molecule has 0 saturated heterocycles. The molecule has 1 atom stereocenters. The van der Waals surface area contributed by atoms with Gasteiger partial charge in [0.2, 0.25) is 0 Å². The molecule has 6 nitrogen and oxygen atoms in total. The maximum Gasteiger partial charge on any atom is 0.311 e. The lowest BCUT2D eigenvalue weighted by Crippen LogP contribution is -2.17. The Bertz CT molecular complexity index is 804. The van der Waals surface area contributed by atoms with Gasteiger partial charge in [-0.3, -0.25) is 14.4 Å². The number of methoxy groups -OCH3 is 1. The second kappa shape index (κ2) is 7.87. The molecule has 0 bridgehead atoms. The average molecular weight is 350 g/mol. The number of H-pyrrole nitrogens is 1. The largest absolute Gasteiger partial charge is 0.469 e. The maximum absolute atomic E-state index is 12.9. The van der Waals surface area contributed by atoms with Gasteiger partial charge < -0.3 is 9.72 Å². The fourth-order valence-electron chi connectivity index (χ4n) is 1.92. The quantitative estimate of drug-likeness (QED) is 0.371. The summed E-state index contributed by atoms with van der Waals surface area (Å²) in [5, 5.41) is -0.323. The molecule has 8 heteroatoms. The molecule has 0 saturated carbocycles. The lowest BCUT2D eigenvalue weighted by molar-refractivity contribution is -0.139. The molecule has 0 radical (unpaired) electrons. The number of Topliss-reactive ketones (excluding diaryl/α,β-unsaturated/α-hetero) is 1. The van der Waals surface area contributed by atoms with Gasteiger partial charge in [-0.25, -0.2) is 9.37 Å². The zero-order valence-electron chi connectivity index (χ0n) is 13.0. The van der Waals surface area contributed by atoms with Crippen molar-refractivity contribution in [2.75, 3.05) is 7.11 Å². The van der Waals surface area contributed by atoms with E-state index in [4.69, 9.17) is 0 Å². The molecule has 0 amide bonds. The van der Waals surface area contributed by atoms with E-state index in [1.165, 1.54) is 37.4 Å². The Kier molecular flexibility index (Phi) is 5.86. The monoisotopic (exact) mass is 350 g/mol. The topological polar surface area (TPSA) is 89.1 Å². The van der Waals surface area contributed by atoms with Crippen LogP contribution in [0.15, 0.2) is 40.3 Å². The molecule has 1 aromatic heterocycles. The van der Waals surface area contributed by atoms with Crippen molar-refractivity contribution in [3.8, 4) is 0 Å². The average Bonchev–Trinajstić information content (AvgIpc) is 2.54. The number of hydrogen-bond donors (Lipinski definition) is 1. The number of benzene rings is 1. The van der Waals surface area contributed by atoms with Gasteiger partial charge in [0, 0.05) is 11.6 Å². The molecule has 0 fully saturated rings. The highest BCUT2D eigenvalue weighted by molar-refractivity contribution is 8.00. The highest BCUT2D eigenvalue weighted by Crippen LogP contribution is 2.22. The molecule has 1 aromatic carbocycles. The van der Waals surface area contributed by atoms with Crippen molar-refractivity contribution in [2.24, 2.45) is 0 Å². The molecule has 0 aliphatic carbocycles. The smallest absolute Gasteiger partial charge is 0.311 e. The molecule has 24 heavy (non-hydrogen) atoms. The number of carbonyl (C=O) groups is 2. The molecule has 0 aliphatic rings. The predicted octanol–water partition coefficient (Wildman–Crippen LogP) is 1.99. The zero-order valence-corrected chi connectivity index (χ0v) is 13.9. The second-order valence-corrected chi connectivity index (χ2v) is 6.26. The van der Waals surface area contributed by atoms with E-state index in [0.29, 0.717) is 5.56 Å². The van der Waals surface area contributed by atoms with E-state index in [0.717, 1.165) is 11.8 Å². The van der Waals surface area contributed by atoms with Crippen LogP contribution in [0, 0.1) is 5.82 Å². The third-order valence-corrected chi connectivity index (χ3v) is 4.10. The van der Waals surface area contributed by atoms with Crippen molar-refractivity contribution in [2.45, 2.75) is 23.8 Å². The number of nitrogens with zero attached hydrogens (tertiary/aromatic N) is 1. The Morgan fingerprint density at radius 3 is 2.62 bits per heavy atom. The number of hydrogen-bond acceptors (Lipinski definition) is 6. The van der Waals surface area contributed by atoms with Crippen LogP contribution < -0.4 is 5.56 Å². The van der Waals surface area contributed by atoms with Gasteiger partial charge in [-0.05, 0) is 31.2 Å². The zero-order chi connectivity index (χ0) is 17.7. The molecule has 1 heterocycles. The van der Waals surface area contributed by atoms with Crippen LogP contribution in [-0.2, 0) is 16.0 Å². The first-order chi connectivity index (χ1) is 11.4. The van der Waals surface area contributed by atoms with Crippen molar-refractivity contribution in [1.29, 1.82) is 0 Å². The summed E-state index contributed by atoms with van der Waals surface area (Å²) >= 11 is 1.05. The summed E-state index contributed by atoms with van der Waals surface area (Å²) in [6.07, 6.45) is -0.131. The van der Waals surface area contributed by atoms with E-state index in [-0.39, 0.29) is 23.1 Å². The van der Waals surface area contributed by atoms with E-state index in [2.05, 4.69) is 14.7 Å². The van der Waals surface area contributed by atoms with Gasteiger partial charge >= 0.3 is 5.97 Å². The minimum absolute atomic E-state index is 0.131. The molecule has 1 N–H and O–H groups in total. The van der Waals surface area contributed by atoms with Gasteiger partial charge in [0.25, 0.3) is 5.56 Å². The van der Waals surface area contributed by atoms with Gasteiger partial charge in [0.1, 0.15) is 5.82 Å². The maximum atomic E-state index is 12.9. The molecular weight excluding hydrogens is 335 g/mol. The number of thioether (sulfide) groups is 1. The van der Waals surface area contributed by atoms with E-state index in [1.54, 1.807) is 6.92 Å². The summed E-state index contributed by atoms with van der Waals surface area (Å²) in [6.45, 7) is 1.66. The Labute approximate surface area is 141 Å². The Hall–Kier alpha value is -2.48. The van der Waals surface area contributed by atoms with Crippen LogP contribution in [0.25, 0.3) is 0 Å². The highest BCUT2D eigenvalue weighted by Gasteiger charge is 2.18. The van der Waals surface area contributed by atoms with Crippen LogP contribution in [0.4, 0.5) is 4.39 Å². The number of ether oxygens (including phenoxy) is 1. The standard InChI is InChI=1S/C16H15FN2O4S/c1-9(15(22)10-3-5-11(17)6-4-10)24-16-18-12(7-13(20)19-16)8-14(21)23-2/h3-7,9H,8H2,1-2H3,(H,18,19,20)/t9-/m0/s1. The lowest BCUT2D eigenvalue weighted by atomic mass is 10.1. The van der Waals surface area contributed by atoms with Crippen molar-refractivity contribution < 1.29 is 18.7 Å². The number of aromatic nitrogens is 2. The number of nitrogens with one attached hydrogen (secondary N) is 1. The van der Waals surface area contributed by atoms with Crippen molar-refractivity contribution in [1.82, 2.24) is 9.97 Å². The van der Waals surface area contributed by atoms with Gasteiger partial charge in [-0.15, -0.1) is 0 Å². The Morgan fingerprint density at radius 1 is 1.33 bits per heavy atom. The first-order valence-corrected chi connectivity index (χ1v) is 7.90. The summed E-state index contributed by atoms with van der Waals surface area (Å²) in [4.78, 5) is 41.9. The van der Waals surface area contributed by atoms with Crippen LogP contribution in [0.5, 0.6) is 0 Å². The minimum Gasteiger partial charge on any atom is -0.469 e. The van der Waals surface area contributed by atoms with Gasteiger partial charge in [-0.1, -0.05) is 11.8 Å². The van der Waals surface area contributed by atoms with E-state index in [9.17, 15) is 18.8 Å². The van der Waals surface area contributed by atoms with Crippen molar-refractivity contribution in [3.63, 3.8) is 0 Å².